The maximum Gasteiger partial charge on any atom is 0.311 e. The monoisotopic (exact) mass is 343 g/mol. The molecule has 0 atom stereocenters. The van der Waals surface area contributed by atoms with E-state index in [2.05, 4.69) is 25.7 Å². The van der Waals surface area contributed by atoms with Crippen LogP contribution in [0, 0.1) is 17.0 Å². The van der Waals surface area contributed by atoms with Gasteiger partial charge in [-0.05, 0) is 13.0 Å². The number of benzene rings is 1. The number of anilines is 2. The molecule has 0 fully saturated rings. The molecule has 0 saturated heterocycles. The summed E-state index contributed by atoms with van der Waals surface area (Å²) >= 11 is 0. The number of methoxy groups -OCH3 is 1. The summed E-state index contributed by atoms with van der Waals surface area (Å²) in [5.74, 6) is 1.55. The van der Waals surface area contributed by atoms with Crippen LogP contribution in [0.4, 0.5) is 17.2 Å². The molecule has 3 rings (SSSR count). The SMILES string of the molecule is COc1cc(NCCNc2cc(C)nc3ncnn23)ccc1[N+](=O)[O-]. The third-order valence-corrected chi connectivity index (χ3v) is 3.52. The molecule has 130 valence electrons. The number of nitrogens with one attached hydrogen (secondary N) is 2. The summed E-state index contributed by atoms with van der Waals surface area (Å²) in [7, 11) is 1.41. The van der Waals surface area contributed by atoms with Crippen LogP contribution < -0.4 is 15.4 Å². The van der Waals surface area contributed by atoms with Gasteiger partial charge in [0.25, 0.3) is 5.78 Å². The summed E-state index contributed by atoms with van der Waals surface area (Å²) in [6.07, 6.45) is 1.45. The largest absolute Gasteiger partial charge is 0.490 e. The van der Waals surface area contributed by atoms with Gasteiger partial charge in [-0.1, -0.05) is 0 Å². The Morgan fingerprint density at radius 1 is 1.28 bits per heavy atom. The smallest absolute Gasteiger partial charge is 0.311 e. The van der Waals surface area contributed by atoms with Crippen molar-refractivity contribution in [1.29, 1.82) is 0 Å². The third-order valence-electron chi connectivity index (χ3n) is 3.52. The van der Waals surface area contributed by atoms with Crippen LogP contribution in [0.25, 0.3) is 5.78 Å². The number of ether oxygens (including phenoxy) is 1. The minimum Gasteiger partial charge on any atom is -0.490 e. The number of fused-ring (bicyclic) bond motifs is 1. The Kier molecular flexibility index (Phi) is 4.59. The molecule has 2 aromatic heterocycles. The Morgan fingerprint density at radius 2 is 2.08 bits per heavy atom. The van der Waals surface area contributed by atoms with Gasteiger partial charge in [-0.25, -0.2) is 4.98 Å². The Bertz CT molecular complexity index is 909. The van der Waals surface area contributed by atoms with Crippen molar-refractivity contribution < 1.29 is 9.66 Å². The molecule has 3 aromatic rings. The van der Waals surface area contributed by atoms with Crippen LogP contribution in [0.1, 0.15) is 5.69 Å². The fraction of sp³-hybridized carbons (Fsp3) is 0.267. The molecule has 2 N–H and O–H groups in total. The van der Waals surface area contributed by atoms with Crippen molar-refractivity contribution in [3.8, 4) is 5.75 Å². The van der Waals surface area contributed by atoms with Crippen LogP contribution in [0.2, 0.25) is 0 Å². The minimum absolute atomic E-state index is 0.0630. The van der Waals surface area contributed by atoms with Gasteiger partial charge in [0, 0.05) is 42.7 Å². The van der Waals surface area contributed by atoms with Crippen molar-refractivity contribution in [2.75, 3.05) is 30.8 Å². The lowest BCUT2D eigenvalue weighted by atomic mass is 10.2. The first-order valence-corrected chi connectivity index (χ1v) is 7.56. The quantitative estimate of drug-likeness (QED) is 0.379. The molecule has 10 nitrogen and oxygen atoms in total. The number of nitro benzene ring substituents is 1. The highest BCUT2D eigenvalue weighted by Gasteiger charge is 2.14. The molecule has 0 saturated carbocycles. The second-order valence-corrected chi connectivity index (χ2v) is 5.25. The Labute approximate surface area is 143 Å². The molecular formula is C15H17N7O3. The van der Waals surface area contributed by atoms with Crippen molar-refractivity contribution in [2.24, 2.45) is 0 Å². The van der Waals surface area contributed by atoms with E-state index >= 15 is 0 Å². The van der Waals surface area contributed by atoms with Crippen LogP contribution in [0.3, 0.4) is 0 Å². The van der Waals surface area contributed by atoms with E-state index < -0.39 is 4.92 Å². The minimum atomic E-state index is -0.473. The summed E-state index contributed by atoms with van der Waals surface area (Å²) in [6.45, 7) is 3.09. The van der Waals surface area contributed by atoms with Gasteiger partial charge in [-0.15, -0.1) is 0 Å². The predicted molar refractivity (Wildman–Crippen MR) is 92.1 cm³/mol. The number of nitro groups is 1. The van der Waals surface area contributed by atoms with Crippen molar-refractivity contribution in [2.45, 2.75) is 6.92 Å². The van der Waals surface area contributed by atoms with E-state index in [-0.39, 0.29) is 11.4 Å². The molecule has 0 aliphatic carbocycles. The highest BCUT2D eigenvalue weighted by atomic mass is 16.6. The van der Waals surface area contributed by atoms with Gasteiger partial charge >= 0.3 is 5.69 Å². The number of aryl methyl sites for hydroxylation is 1. The summed E-state index contributed by atoms with van der Waals surface area (Å²) in [5.41, 5.74) is 1.52. The Morgan fingerprint density at radius 3 is 2.84 bits per heavy atom. The van der Waals surface area contributed by atoms with Crippen LogP contribution in [0.5, 0.6) is 5.75 Å². The van der Waals surface area contributed by atoms with Gasteiger partial charge in [-0.3, -0.25) is 10.1 Å². The van der Waals surface area contributed by atoms with E-state index in [1.807, 2.05) is 13.0 Å². The van der Waals surface area contributed by atoms with Gasteiger partial charge in [0.15, 0.2) is 5.75 Å². The van der Waals surface area contributed by atoms with Crippen LogP contribution in [-0.4, -0.2) is 44.7 Å². The topological polar surface area (TPSA) is 120 Å². The zero-order chi connectivity index (χ0) is 17.8. The summed E-state index contributed by atoms with van der Waals surface area (Å²) in [4.78, 5) is 18.8. The zero-order valence-electron chi connectivity index (χ0n) is 13.8. The standard InChI is InChI=1S/C15H17N7O3/c1-10-7-14(21-15(20-10)18-9-19-21)17-6-5-16-11-3-4-12(22(23)24)13(8-11)25-2/h3-4,7-9,16-17H,5-6H2,1-2H3. The van der Waals surface area contributed by atoms with Crippen molar-refractivity contribution in [3.05, 3.63) is 46.4 Å². The lowest BCUT2D eigenvalue weighted by Crippen LogP contribution is -2.16. The Hall–Kier alpha value is -3.43. The molecule has 25 heavy (non-hydrogen) atoms. The lowest BCUT2D eigenvalue weighted by Gasteiger charge is -2.11. The number of aromatic nitrogens is 4. The fourth-order valence-electron chi connectivity index (χ4n) is 2.39. The van der Waals surface area contributed by atoms with Crippen molar-refractivity contribution >= 4 is 23.0 Å². The maximum atomic E-state index is 10.9. The molecule has 0 spiro atoms. The molecule has 10 heteroatoms. The van der Waals surface area contributed by atoms with Crippen LogP contribution >= 0.6 is 0 Å². The van der Waals surface area contributed by atoms with Gasteiger partial charge < -0.3 is 15.4 Å². The van der Waals surface area contributed by atoms with Gasteiger partial charge in [-0.2, -0.15) is 14.6 Å². The van der Waals surface area contributed by atoms with E-state index in [1.165, 1.54) is 19.5 Å². The zero-order valence-corrected chi connectivity index (χ0v) is 13.8. The highest BCUT2D eigenvalue weighted by Crippen LogP contribution is 2.29. The average Bonchev–Trinajstić information content (AvgIpc) is 3.06. The number of nitrogens with zero attached hydrogens (tertiary/aromatic N) is 5. The van der Waals surface area contributed by atoms with Crippen molar-refractivity contribution in [3.63, 3.8) is 0 Å². The van der Waals surface area contributed by atoms with E-state index in [9.17, 15) is 10.1 Å². The molecule has 0 unspecified atom stereocenters. The molecule has 1 aromatic carbocycles. The summed E-state index contributed by atoms with van der Waals surface area (Å²) < 4.78 is 6.68. The van der Waals surface area contributed by atoms with Crippen LogP contribution in [0.15, 0.2) is 30.6 Å². The highest BCUT2D eigenvalue weighted by molar-refractivity contribution is 5.58. The second-order valence-electron chi connectivity index (χ2n) is 5.25. The number of hydrogen-bond acceptors (Lipinski definition) is 8. The van der Waals surface area contributed by atoms with Crippen molar-refractivity contribution in [1.82, 2.24) is 19.6 Å². The summed E-state index contributed by atoms with van der Waals surface area (Å²) in [6, 6.07) is 6.55. The fourth-order valence-corrected chi connectivity index (χ4v) is 2.39. The van der Waals surface area contributed by atoms with E-state index in [4.69, 9.17) is 4.74 Å². The molecule has 0 aliphatic heterocycles. The molecule has 0 radical (unpaired) electrons. The number of rotatable bonds is 7. The van der Waals surface area contributed by atoms with Gasteiger partial charge in [0.1, 0.15) is 12.1 Å². The molecular weight excluding hydrogens is 326 g/mol. The first-order chi connectivity index (χ1) is 12.1. The van der Waals surface area contributed by atoms with E-state index in [0.717, 1.165) is 17.2 Å². The number of hydrogen-bond donors (Lipinski definition) is 2. The first kappa shape index (κ1) is 16.4. The molecule has 2 heterocycles. The predicted octanol–water partition coefficient (Wildman–Crippen LogP) is 1.87. The molecule has 0 amide bonds. The molecule has 0 bridgehead atoms. The van der Waals surface area contributed by atoms with Gasteiger partial charge in [0.2, 0.25) is 0 Å². The van der Waals surface area contributed by atoms with E-state index in [0.29, 0.717) is 18.9 Å². The van der Waals surface area contributed by atoms with Gasteiger partial charge in [0.05, 0.1) is 12.0 Å². The Balaban J connectivity index is 1.61. The normalized spacial score (nSPS) is 10.6. The van der Waals surface area contributed by atoms with E-state index in [1.54, 1.807) is 16.6 Å². The third kappa shape index (κ3) is 3.57. The summed E-state index contributed by atoms with van der Waals surface area (Å²) in [5, 5.41) is 21.5. The first-order valence-electron chi connectivity index (χ1n) is 7.56. The lowest BCUT2D eigenvalue weighted by molar-refractivity contribution is -0.385. The maximum absolute atomic E-state index is 10.9. The van der Waals surface area contributed by atoms with Crippen LogP contribution in [-0.2, 0) is 0 Å². The second kappa shape index (κ2) is 6.99. The molecule has 0 aliphatic rings. The average molecular weight is 343 g/mol.